The highest BCUT2D eigenvalue weighted by Crippen LogP contribution is 2.28. The molecule has 92 valence electrons. The second-order valence-corrected chi connectivity index (χ2v) is 4.34. The van der Waals surface area contributed by atoms with Crippen LogP contribution in [0, 0.1) is 6.92 Å². The number of benzene rings is 1. The first-order valence-electron chi connectivity index (χ1n) is 5.83. The number of amides is 1. The zero-order valence-electron chi connectivity index (χ0n) is 9.97. The molecule has 4 nitrogen and oxygen atoms in total. The highest BCUT2D eigenvalue weighted by molar-refractivity contribution is 5.69. The highest BCUT2D eigenvalue weighted by Gasteiger charge is 2.26. The van der Waals surface area contributed by atoms with Gasteiger partial charge in [-0.1, -0.05) is 29.8 Å². The molecule has 1 amide bonds. The minimum atomic E-state index is -0.395. The van der Waals surface area contributed by atoms with Crippen LogP contribution in [-0.2, 0) is 4.74 Å². The Hall–Kier alpha value is -2.23. The van der Waals surface area contributed by atoms with Crippen molar-refractivity contribution in [2.45, 2.75) is 13.0 Å². The summed E-state index contributed by atoms with van der Waals surface area (Å²) in [5, 5.41) is 2.60. The molecule has 0 spiro atoms. The monoisotopic (exact) mass is 243 g/mol. The maximum atomic E-state index is 11.0. The van der Waals surface area contributed by atoms with E-state index in [0.717, 1.165) is 11.3 Å². The second-order valence-electron chi connectivity index (χ2n) is 4.34. The lowest BCUT2D eigenvalue weighted by atomic mass is 10.1. The van der Waals surface area contributed by atoms with Crippen molar-refractivity contribution in [3.63, 3.8) is 0 Å². The number of hydrogen-bond donors (Lipinski definition) is 1. The first-order valence-corrected chi connectivity index (χ1v) is 5.83. The number of alkyl carbamates (subject to hydrolysis) is 1. The zero-order chi connectivity index (χ0) is 12.5. The second kappa shape index (κ2) is 4.22. The molecule has 1 aliphatic rings. The molecule has 2 heterocycles. The number of aryl methyl sites for hydroxylation is 1. The van der Waals surface area contributed by atoms with Crippen LogP contribution in [0.25, 0.3) is 11.3 Å². The molecule has 1 saturated heterocycles. The first-order chi connectivity index (χ1) is 8.72. The van der Waals surface area contributed by atoms with E-state index in [-0.39, 0.29) is 6.10 Å². The Kier molecular flexibility index (Phi) is 2.55. The quantitative estimate of drug-likeness (QED) is 0.882. The molecular formula is C14H13NO3. The minimum absolute atomic E-state index is 0.323. The van der Waals surface area contributed by atoms with Crippen LogP contribution in [0.3, 0.4) is 0 Å². The fourth-order valence-electron chi connectivity index (χ4n) is 1.95. The molecule has 1 N–H and O–H groups in total. The van der Waals surface area contributed by atoms with Crippen LogP contribution < -0.4 is 5.32 Å². The highest BCUT2D eigenvalue weighted by atomic mass is 16.6. The van der Waals surface area contributed by atoms with E-state index in [1.165, 1.54) is 5.56 Å². The maximum Gasteiger partial charge on any atom is 0.408 e. The number of nitrogens with one attached hydrogen (secondary N) is 1. The summed E-state index contributed by atoms with van der Waals surface area (Å²) in [6.45, 7) is 2.50. The van der Waals surface area contributed by atoms with Gasteiger partial charge in [-0.3, -0.25) is 0 Å². The Morgan fingerprint density at radius 3 is 2.61 bits per heavy atom. The van der Waals surface area contributed by atoms with Gasteiger partial charge >= 0.3 is 6.09 Å². The van der Waals surface area contributed by atoms with Gasteiger partial charge in [0.2, 0.25) is 0 Å². The van der Waals surface area contributed by atoms with Crippen LogP contribution in [0.5, 0.6) is 0 Å². The van der Waals surface area contributed by atoms with Crippen LogP contribution in [0.15, 0.2) is 40.8 Å². The van der Waals surface area contributed by atoms with Gasteiger partial charge in [-0.2, -0.15) is 0 Å². The normalized spacial score (nSPS) is 18.5. The molecular weight excluding hydrogens is 230 g/mol. The van der Waals surface area contributed by atoms with Crippen LogP contribution >= 0.6 is 0 Å². The van der Waals surface area contributed by atoms with Crippen molar-refractivity contribution in [3.05, 3.63) is 47.7 Å². The third-order valence-electron chi connectivity index (χ3n) is 2.96. The summed E-state index contributed by atoms with van der Waals surface area (Å²) in [5.41, 5.74) is 2.23. The predicted octanol–water partition coefficient (Wildman–Crippen LogP) is 3.04. The first kappa shape index (κ1) is 10.9. The molecule has 4 heteroatoms. The summed E-state index contributed by atoms with van der Waals surface area (Å²) in [5.74, 6) is 1.46. The fourth-order valence-corrected chi connectivity index (χ4v) is 1.95. The molecule has 0 bridgehead atoms. The number of hydrogen-bond acceptors (Lipinski definition) is 3. The van der Waals surface area contributed by atoms with Gasteiger partial charge in [0.15, 0.2) is 6.10 Å². The number of carbonyl (C=O) groups excluding carboxylic acids is 1. The molecule has 2 aromatic rings. The summed E-state index contributed by atoms with van der Waals surface area (Å²) >= 11 is 0. The summed E-state index contributed by atoms with van der Waals surface area (Å²) in [4.78, 5) is 11.0. The van der Waals surface area contributed by atoms with Gasteiger partial charge in [0.25, 0.3) is 0 Å². The van der Waals surface area contributed by atoms with Crippen LogP contribution in [0.1, 0.15) is 17.4 Å². The number of rotatable bonds is 2. The van der Waals surface area contributed by atoms with E-state index < -0.39 is 6.09 Å². The van der Waals surface area contributed by atoms with E-state index in [9.17, 15) is 4.79 Å². The van der Waals surface area contributed by atoms with Crippen molar-refractivity contribution < 1.29 is 13.9 Å². The minimum Gasteiger partial charge on any atom is -0.457 e. The fraction of sp³-hybridized carbons (Fsp3) is 0.214. The SMILES string of the molecule is Cc1ccc(-c2ccc(C3CNC(=O)O3)o2)cc1. The summed E-state index contributed by atoms with van der Waals surface area (Å²) in [6, 6.07) is 11.8. The maximum absolute atomic E-state index is 11.0. The zero-order valence-corrected chi connectivity index (χ0v) is 9.97. The van der Waals surface area contributed by atoms with E-state index in [1.807, 2.05) is 43.3 Å². The lowest BCUT2D eigenvalue weighted by Gasteiger charge is -2.03. The smallest absolute Gasteiger partial charge is 0.408 e. The van der Waals surface area contributed by atoms with Crippen LogP contribution in [-0.4, -0.2) is 12.6 Å². The number of furan rings is 1. The molecule has 0 radical (unpaired) electrons. The molecule has 1 unspecified atom stereocenters. The Bertz CT molecular complexity index is 571. The molecule has 18 heavy (non-hydrogen) atoms. The van der Waals surface area contributed by atoms with Crippen LogP contribution in [0.4, 0.5) is 4.79 Å². The predicted molar refractivity (Wildman–Crippen MR) is 66.1 cm³/mol. The number of ether oxygens (including phenoxy) is 1. The molecule has 1 aromatic carbocycles. The largest absolute Gasteiger partial charge is 0.457 e. The third kappa shape index (κ3) is 1.97. The molecule has 3 rings (SSSR count). The summed E-state index contributed by atoms with van der Waals surface area (Å²) in [6.07, 6.45) is -0.718. The van der Waals surface area contributed by atoms with E-state index >= 15 is 0 Å². The lowest BCUT2D eigenvalue weighted by Crippen LogP contribution is -2.12. The van der Waals surface area contributed by atoms with Crippen molar-refractivity contribution in [1.82, 2.24) is 5.32 Å². The van der Waals surface area contributed by atoms with Crippen LogP contribution in [0.2, 0.25) is 0 Å². The van der Waals surface area contributed by atoms with Crippen molar-refractivity contribution >= 4 is 6.09 Å². The van der Waals surface area contributed by atoms with Gasteiger partial charge in [-0.15, -0.1) is 0 Å². The van der Waals surface area contributed by atoms with E-state index in [1.54, 1.807) is 0 Å². The lowest BCUT2D eigenvalue weighted by molar-refractivity contribution is 0.129. The molecule has 0 saturated carbocycles. The third-order valence-corrected chi connectivity index (χ3v) is 2.96. The van der Waals surface area contributed by atoms with Crippen molar-refractivity contribution in [2.24, 2.45) is 0 Å². The van der Waals surface area contributed by atoms with E-state index in [0.29, 0.717) is 12.3 Å². The topological polar surface area (TPSA) is 51.5 Å². The number of carbonyl (C=O) groups is 1. The molecule has 0 aliphatic carbocycles. The number of cyclic esters (lactones) is 1. The van der Waals surface area contributed by atoms with Gasteiger partial charge in [-0.05, 0) is 19.1 Å². The molecule has 1 aliphatic heterocycles. The van der Waals surface area contributed by atoms with Gasteiger partial charge < -0.3 is 14.5 Å². The van der Waals surface area contributed by atoms with Gasteiger partial charge in [0.05, 0.1) is 6.54 Å². The Morgan fingerprint density at radius 2 is 1.94 bits per heavy atom. The van der Waals surface area contributed by atoms with Crippen molar-refractivity contribution in [3.8, 4) is 11.3 Å². The Balaban J connectivity index is 1.85. The average Bonchev–Trinajstić information content (AvgIpc) is 2.98. The van der Waals surface area contributed by atoms with Crippen molar-refractivity contribution in [1.29, 1.82) is 0 Å². The van der Waals surface area contributed by atoms with E-state index in [2.05, 4.69) is 5.32 Å². The van der Waals surface area contributed by atoms with E-state index in [4.69, 9.17) is 9.15 Å². The van der Waals surface area contributed by atoms with Crippen molar-refractivity contribution in [2.75, 3.05) is 6.54 Å². The van der Waals surface area contributed by atoms with Gasteiger partial charge in [-0.25, -0.2) is 4.79 Å². The molecule has 1 fully saturated rings. The summed E-state index contributed by atoms with van der Waals surface area (Å²) < 4.78 is 10.8. The van der Waals surface area contributed by atoms with Gasteiger partial charge in [0, 0.05) is 5.56 Å². The standard InChI is InChI=1S/C14H13NO3/c1-9-2-4-10(5-3-9)11-6-7-12(17-11)13-8-15-14(16)18-13/h2-7,13H,8H2,1H3,(H,15,16). The Morgan fingerprint density at radius 1 is 1.17 bits per heavy atom. The molecule has 1 atom stereocenters. The molecule has 1 aromatic heterocycles. The van der Waals surface area contributed by atoms with Gasteiger partial charge in [0.1, 0.15) is 11.5 Å². The summed E-state index contributed by atoms with van der Waals surface area (Å²) in [7, 11) is 0. The Labute approximate surface area is 105 Å². The average molecular weight is 243 g/mol.